The van der Waals surface area contributed by atoms with Crippen LogP contribution in [0.2, 0.25) is 0 Å². The van der Waals surface area contributed by atoms with Gasteiger partial charge in [-0.2, -0.15) is 0 Å². The number of aliphatic hydroxyl groups excluding tert-OH is 3. The summed E-state index contributed by atoms with van der Waals surface area (Å²) < 4.78 is 0. The summed E-state index contributed by atoms with van der Waals surface area (Å²) in [6.45, 7) is 13.8. The number of hydrogen-bond donors (Lipinski definition) is 3. The summed E-state index contributed by atoms with van der Waals surface area (Å²) in [6.07, 6.45) is 11.2. The Morgan fingerprint density at radius 2 is 1.62 bits per heavy atom. The summed E-state index contributed by atoms with van der Waals surface area (Å²) in [5.74, 6) is 0.644. The summed E-state index contributed by atoms with van der Waals surface area (Å²) >= 11 is 0. The molecule has 3 N–H and O–H groups in total. The highest BCUT2D eigenvalue weighted by Crippen LogP contribution is 2.75. The molecule has 4 nitrogen and oxygen atoms in total. The van der Waals surface area contributed by atoms with Crippen LogP contribution in [0.15, 0.2) is 11.6 Å². The number of carbonyl (C=O) groups is 1. The fourth-order valence-electron chi connectivity index (χ4n) is 10.5. The van der Waals surface area contributed by atoms with Crippen molar-refractivity contribution < 1.29 is 20.1 Å². The molecular formula is C30H48O4. The lowest BCUT2D eigenvalue weighted by Gasteiger charge is -2.71. The molecule has 5 rings (SSSR count). The van der Waals surface area contributed by atoms with Crippen molar-refractivity contribution in [1.29, 1.82) is 0 Å². The molecule has 4 fully saturated rings. The third-order valence-corrected chi connectivity index (χ3v) is 13.1. The van der Waals surface area contributed by atoms with E-state index in [1.165, 1.54) is 6.29 Å². The van der Waals surface area contributed by atoms with E-state index in [1.807, 2.05) is 6.92 Å². The van der Waals surface area contributed by atoms with Gasteiger partial charge in [-0.05, 0) is 91.8 Å². The van der Waals surface area contributed by atoms with Crippen LogP contribution in [0.1, 0.15) is 99.3 Å². The topological polar surface area (TPSA) is 77.8 Å². The third-order valence-electron chi connectivity index (χ3n) is 13.1. The zero-order valence-corrected chi connectivity index (χ0v) is 22.4. The highest BCUT2D eigenvalue weighted by atomic mass is 16.3. The zero-order valence-electron chi connectivity index (χ0n) is 22.4. The van der Waals surface area contributed by atoms with E-state index < -0.39 is 16.9 Å². The quantitative estimate of drug-likeness (QED) is 0.377. The van der Waals surface area contributed by atoms with E-state index in [2.05, 4.69) is 40.7 Å². The van der Waals surface area contributed by atoms with Crippen LogP contribution >= 0.6 is 0 Å². The lowest BCUT2D eigenvalue weighted by atomic mass is 9.33. The van der Waals surface area contributed by atoms with Gasteiger partial charge in [-0.15, -0.1) is 0 Å². The minimum Gasteiger partial charge on any atom is -0.396 e. The minimum atomic E-state index is -0.617. The molecule has 34 heavy (non-hydrogen) atoms. The molecule has 1 unspecified atom stereocenters. The van der Waals surface area contributed by atoms with Gasteiger partial charge in [0.15, 0.2) is 0 Å². The number of allylic oxidation sites excluding steroid dienone is 2. The Morgan fingerprint density at radius 3 is 2.26 bits per heavy atom. The Labute approximate surface area is 206 Å². The van der Waals surface area contributed by atoms with Crippen LogP contribution in [0, 0.1) is 50.2 Å². The van der Waals surface area contributed by atoms with Crippen molar-refractivity contribution in [2.45, 2.75) is 112 Å². The van der Waals surface area contributed by atoms with E-state index in [-0.39, 0.29) is 46.2 Å². The molecule has 0 bridgehead atoms. The second-order valence-electron chi connectivity index (χ2n) is 14.9. The Morgan fingerprint density at radius 1 is 0.912 bits per heavy atom. The van der Waals surface area contributed by atoms with E-state index >= 15 is 0 Å². The first-order valence-corrected chi connectivity index (χ1v) is 13.9. The van der Waals surface area contributed by atoms with Gasteiger partial charge in [0.2, 0.25) is 0 Å². The van der Waals surface area contributed by atoms with Gasteiger partial charge in [0.25, 0.3) is 0 Å². The number of aliphatic hydroxyl groups is 3. The summed E-state index contributed by atoms with van der Waals surface area (Å²) in [6, 6.07) is 0. The molecule has 4 heteroatoms. The van der Waals surface area contributed by atoms with E-state index in [0.29, 0.717) is 12.3 Å². The van der Waals surface area contributed by atoms with Crippen molar-refractivity contribution in [3.8, 4) is 0 Å². The van der Waals surface area contributed by atoms with Gasteiger partial charge in [-0.3, -0.25) is 0 Å². The van der Waals surface area contributed by atoms with Crippen molar-refractivity contribution in [1.82, 2.24) is 0 Å². The molecule has 0 spiro atoms. The second kappa shape index (κ2) is 7.42. The molecule has 0 aromatic carbocycles. The van der Waals surface area contributed by atoms with Crippen molar-refractivity contribution in [3.05, 3.63) is 11.6 Å². The fourth-order valence-corrected chi connectivity index (χ4v) is 10.5. The molecule has 0 heterocycles. The lowest BCUT2D eigenvalue weighted by molar-refractivity contribution is -0.215. The summed E-state index contributed by atoms with van der Waals surface area (Å²) in [7, 11) is 0. The monoisotopic (exact) mass is 472 g/mol. The molecule has 0 aromatic heterocycles. The van der Waals surface area contributed by atoms with Crippen LogP contribution < -0.4 is 0 Å². The molecule has 0 aromatic rings. The number of carbonyl (C=O) groups excluding carboxylic acids is 1. The molecular weight excluding hydrogens is 424 g/mol. The SMILES string of the molecule is CC1(C)C[C@@H](O)[C@]2(C)CC[C@]3(C)C(=CC[C@@H]4[C@@]5(C=O)CC[C@H](O)[C@](C)(CO)C5CC[C@]43C)[C@H]2C1. The average Bonchev–Trinajstić information content (AvgIpc) is 2.78. The number of aldehydes is 1. The summed E-state index contributed by atoms with van der Waals surface area (Å²) in [4.78, 5) is 13.1. The Kier molecular flexibility index (Phi) is 5.44. The van der Waals surface area contributed by atoms with Gasteiger partial charge in [0, 0.05) is 16.2 Å². The first kappa shape index (κ1) is 25.0. The van der Waals surface area contributed by atoms with Gasteiger partial charge in [-0.1, -0.05) is 53.2 Å². The first-order chi connectivity index (χ1) is 15.7. The molecule has 192 valence electrons. The van der Waals surface area contributed by atoms with Crippen LogP contribution in [0.4, 0.5) is 0 Å². The van der Waals surface area contributed by atoms with Gasteiger partial charge in [-0.25, -0.2) is 0 Å². The molecule has 0 amide bonds. The molecule has 4 saturated carbocycles. The van der Waals surface area contributed by atoms with Crippen LogP contribution in [0.25, 0.3) is 0 Å². The smallest absolute Gasteiger partial charge is 0.126 e. The predicted octanol–water partition coefficient (Wildman–Crippen LogP) is 5.29. The van der Waals surface area contributed by atoms with Crippen molar-refractivity contribution in [2.24, 2.45) is 50.2 Å². The van der Waals surface area contributed by atoms with Gasteiger partial charge in [0.1, 0.15) is 6.29 Å². The lowest BCUT2D eigenvalue weighted by Crippen LogP contribution is -2.67. The second-order valence-corrected chi connectivity index (χ2v) is 14.9. The Hall–Kier alpha value is -0.710. The Balaban J connectivity index is 1.61. The van der Waals surface area contributed by atoms with Crippen molar-refractivity contribution in [2.75, 3.05) is 6.61 Å². The van der Waals surface area contributed by atoms with E-state index in [1.54, 1.807) is 5.57 Å². The van der Waals surface area contributed by atoms with Crippen LogP contribution in [-0.2, 0) is 4.79 Å². The standard InChI is InChI=1S/C30H48O4/c1-25(2)15-20-19-7-8-22-29(6,28(19,5)14-13-26(20,3)24(34)16-25)11-9-21-27(4,17-31)23(33)10-12-30(21,22)18-32/h7,18,20-24,31,33-34H,8-17H2,1-6H3/t20-,21?,22+,23+,24-,26-,27-,28-,29-,30-/m1/s1. The summed E-state index contributed by atoms with van der Waals surface area (Å²) in [5.41, 5.74) is 0.543. The molecule has 5 aliphatic carbocycles. The maximum atomic E-state index is 13.1. The van der Waals surface area contributed by atoms with E-state index in [4.69, 9.17) is 0 Å². The van der Waals surface area contributed by atoms with E-state index in [0.717, 1.165) is 51.4 Å². The third kappa shape index (κ3) is 2.85. The maximum Gasteiger partial charge on any atom is 0.126 e. The maximum absolute atomic E-state index is 13.1. The highest BCUT2D eigenvalue weighted by molar-refractivity contribution is 5.63. The van der Waals surface area contributed by atoms with Crippen molar-refractivity contribution in [3.63, 3.8) is 0 Å². The predicted molar refractivity (Wildman–Crippen MR) is 134 cm³/mol. The first-order valence-electron chi connectivity index (χ1n) is 13.9. The average molecular weight is 473 g/mol. The molecule has 0 saturated heterocycles. The Bertz CT molecular complexity index is 894. The van der Waals surface area contributed by atoms with Gasteiger partial charge < -0.3 is 20.1 Å². The normalized spacial score (nSPS) is 56.3. The minimum absolute atomic E-state index is 0.00102. The number of rotatable bonds is 2. The number of hydrogen-bond acceptors (Lipinski definition) is 4. The van der Waals surface area contributed by atoms with Crippen molar-refractivity contribution >= 4 is 6.29 Å². The molecule has 10 atom stereocenters. The van der Waals surface area contributed by atoms with Crippen LogP contribution in [0.3, 0.4) is 0 Å². The van der Waals surface area contributed by atoms with Crippen LogP contribution in [0.5, 0.6) is 0 Å². The largest absolute Gasteiger partial charge is 0.396 e. The zero-order chi connectivity index (χ0) is 24.9. The number of fused-ring (bicyclic) bond motifs is 7. The van der Waals surface area contributed by atoms with E-state index in [9.17, 15) is 20.1 Å². The molecule has 5 aliphatic rings. The van der Waals surface area contributed by atoms with Gasteiger partial charge in [0.05, 0.1) is 18.8 Å². The molecule has 0 aliphatic heterocycles. The molecule has 0 radical (unpaired) electrons. The fraction of sp³-hybridized carbons (Fsp3) is 0.900. The highest BCUT2D eigenvalue weighted by Gasteiger charge is 2.70. The van der Waals surface area contributed by atoms with Gasteiger partial charge >= 0.3 is 0 Å². The summed E-state index contributed by atoms with van der Waals surface area (Å²) in [5, 5.41) is 32.6. The van der Waals surface area contributed by atoms with Crippen LogP contribution in [-0.4, -0.2) is 40.4 Å².